The Balaban J connectivity index is 1.68. The minimum Gasteiger partial charge on any atom is -0.326 e. The van der Waals surface area contributed by atoms with Crippen LogP contribution in [0.25, 0.3) is 0 Å². The molecule has 2 amide bonds. The number of carbonyl (C=O) groups excluding carboxylic acids is 2. The van der Waals surface area contributed by atoms with Crippen molar-refractivity contribution >= 4 is 60.7 Å². The minimum atomic E-state index is -3.66. The summed E-state index contributed by atoms with van der Waals surface area (Å²) >= 11 is 4.83. The number of sulfone groups is 1. The van der Waals surface area contributed by atoms with Gasteiger partial charge in [-0.1, -0.05) is 28.9 Å². The highest BCUT2D eigenvalue weighted by Gasteiger charge is 2.23. The summed E-state index contributed by atoms with van der Waals surface area (Å²) < 4.78 is 26.1. The minimum absolute atomic E-state index is 0.0944. The van der Waals surface area contributed by atoms with Crippen LogP contribution in [0.2, 0.25) is 0 Å². The lowest BCUT2D eigenvalue weighted by atomic mass is 10.2. The maximum absolute atomic E-state index is 12.7. The first kappa shape index (κ1) is 20.9. The van der Waals surface area contributed by atoms with E-state index in [-0.39, 0.29) is 34.8 Å². The van der Waals surface area contributed by atoms with E-state index in [0.29, 0.717) is 17.1 Å². The normalized spacial score (nSPS) is 16.6. The molecule has 0 aromatic heterocycles. The van der Waals surface area contributed by atoms with Gasteiger partial charge in [0.1, 0.15) is 0 Å². The molecule has 1 aliphatic rings. The quantitative estimate of drug-likeness (QED) is 0.673. The smallest absolute Gasteiger partial charge is 0.228 e. The van der Waals surface area contributed by atoms with Gasteiger partial charge in [0.15, 0.2) is 9.84 Å². The highest BCUT2D eigenvalue weighted by molar-refractivity contribution is 9.10. The molecule has 1 unspecified atom stereocenters. The van der Waals surface area contributed by atoms with Crippen molar-refractivity contribution in [2.45, 2.75) is 23.1 Å². The van der Waals surface area contributed by atoms with Crippen molar-refractivity contribution in [3.63, 3.8) is 0 Å². The average molecular weight is 483 g/mol. The summed E-state index contributed by atoms with van der Waals surface area (Å²) in [7, 11) is -3.66. The number of halogens is 1. The fraction of sp³-hybridized carbons (Fsp3) is 0.263. The zero-order chi connectivity index (χ0) is 20.3. The largest absolute Gasteiger partial charge is 0.326 e. The molecule has 6 nitrogen and oxygen atoms in total. The number of fused-ring (bicyclic) bond motifs is 1. The molecule has 2 N–H and O–H groups in total. The van der Waals surface area contributed by atoms with Crippen LogP contribution in [0.3, 0.4) is 0 Å². The van der Waals surface area contributed by atoms with Crippen molar-refractivity contribution < 1.29 is 18.0 Å². The average Bonchev–Trinajstić information content (AvgIpc) is 2.78. The van der Waals surface area contributed by atoms with Gasteiger partial charge in [-0.05, 0) is 36.4 Å². The Morgan fingerprint density at radius 2 is 2.07 bits per heavy atom. The summed E-state index contributed by atoms with van der Waals surface area (Å²) in [6, 6.07) is 11.8. The molecule has 0 bridgehead atoms. The number of benzene rings is 2. The second kappa shape index (κ2) is 8.67. The molecule has 148 valence electrons. The zero-order valence-electron chi connectivity index (χ0n) is 15.1. The van der Waals surface area contributed by atoms with Gasteiger partial charge in [-0.3, -0.25) is 9.59 Å². The summed E-state index contributed by atoms with van der Waals surface area (Å²) in [5.74, 6) is -0.341. The van der Waals surface area contributed by atoms with Crippen LogP contribution in [0.15, 0.2) is 56.7 Å². The van der Waals surface area contributed by atoms with E-state index in [2.05, 4.69) is 26.6 Å². The van der Waals surface area contributed by atoms with E-state index in [9.17, 15) is 18.0 Å². The predicted molar refractivity (Wildman–Crippen MR) is 114 cm³/mol. The third-order valence-electron chi connectivity index (χ3n) is 4.21. The topological polar surface area (TPSA) is 92.3 Å². The van der Waals surface area contributed by atoms with Gasteiger partial charge >= 0.3 is 0 Å². The maximum Gasteiger partial charge on any atom is 0.228 e. The van der Waals surface area contributed by atoms with Gasteiger partial charge in [0.05, 0.1) is 16.3 Å². The first-order valence-corrected chi connectivity index (χ1v) is 12.0. The highest BCUT2D eigenvalue weighted by atomic mass is 79.9. The van der Waals surface area contributed by atoms with Crippen molar-refractivity contribution in [1.29, 1.82) is 0 Å². The SMILES string of the molecule is CC1CSc2ccc(S(=O)(=O)CCC(=O)Nc3cccc(Br)c3)cc2NC1=O. The standard InChI is InChI=1S/C19H19BrN2O4S2/c1-12-11-27-17-6-5-15(10-16(17)22-19(12)24)28(25,26)8-7-18(23)21-14-4-2-3-13(20)9-14/h2-6,9-10,12H,7-8,11H2,1H3,(H,21,23)(H,22,24). The van der Waals surface area contributed by atoms with Crippen molar-refractivity contribution in [3.05, 3.63) is 46.9 Å². The molecule has 0 aliphatic carbocycles. The Morgan fingerprint density at radius 3 is 2.82 bits per heavy atom. The monoisotopic (exact) mass is 482 g/mol. The van der Waals surface area contributed by atoms with Crippen LogP contribution < -0.4 is 10.6 Å². The molecule has 2 aromatic carbocycles. The Bertz CT molecular complexity index is 1020. The fourth-order valence-corrected chi connectivity index (χ4v) is 5.28. The van der Waals surface area contributed by atoms with Gasteiger partial charge in [-0.2, -0.15) is 0 Å². The van der Waals surface area contributed by atoms with Gasteiger partial charge < -0.3 is 10.6 Å². The Hall–Kier alpha value is -1.84. The van der Waals surface area contributed by atoms with E-state index in [1.54, 1.807) is 24.3 Å². The van der Waals surface area contributed by atoms with Gasteiger partial charge in [0.2, 0.25) is 11.8 Å². The summed E-state index contributed by atoms with van der Waals surface area (Å²) in [6.45, 7) is 1.83. The molecular formula is C19H19BrN2O4S2. The Labute approximate surface area is 176 Å². The van der Waals surface area contributed by atoms with Crippen molar-refractivity contribution in [1.82, 2.24) is 0 Å². The number of carbonyl (C=O) groups is 2. The second-order valence-electron chi connectivity index (χ2n) is 6.49. The van der Waals surface area contributed by atoms with Crippen molar-refractivity contribution in [2.24, 2.45) is 5.92 Å². The number of anilines is 2. The van der Waals surface area contributed by atoms with E-state index >= 15 is 0 Å². The molecule has 1 atom stereocenters. The predicted octanol–water partition coefficient (Wildman–Crippen LogP) is 3.93. The van der Waals surface area contributed by atoms with Crippen LogP contribution in [0.1, 0.15) is 13.3 Å². The third kappa shape index (κ3) is 5.15. The van der Waals surface area contributed by atoms with Crippen LogP contribution in [0.4, 0.5) is 11.4 Å². The molecule has 3 rings (SSSR count). The molecule has 0 spiro atoms. The van der Waals surface area contributed by atoms with Crippen LogP contribution >= 0.6 is 27.7 Å². The van der Waals surface area contributed by atoms with Gasteiger partial charge in [0, 0.05) is 33.1 Å². The molecule has 0 saturated heterocycles. The summed E-state index contributed by atoms with van der Waals surface area (Å²) in [6.07, 6.45) is -0.163. The molecule has 1 heterocycles. The molecule has 2 aromatic rings. The number of hydrogen-bond acceptors (Lipinski definition) is 5. The number of rotatable bonds is 5. The van der Waals surface area contributed by atoms with Crippen LogP contribution in [-0.4, -0.2) is 31.7 Å². The zero-order valence-corrected chi connectivity index (χ0v) is 18.3. The summed E-state index contributed by atoms with van der Waals surface area (Å²) in [5, 5.41) is 5.46. The molecule has 0 saturated carbocycles. The molecule has 28 heavy (non-hydrogen) atoms. The molecule has 0 fully saturated rings. The van der Waals surface area contributed by atoms with E-state index in [0.717, 1.165) is 9.37 Å². The molecule has 0 radical (unpaired) electrons. The lowest BCUT2D eigenvalue weighted by Crippen LogP contribution is -2.20. The van der Waals surface area contributed by atoms with E-state index in [1.165, 1.54) is 23.9 Å². The van der Waals surface area contributed by atoms with E-state index in [4.69, 9.17) is 0 Å². The summed E-state index contributed by atoms with van der Waals surface area (Å²) in [5.41, 5.74) is 1.09. The van der Waals surface area contributed by atoms with Gasteiger partial charge in [-0.15, -0.1) is 11.8 Å². The molecular weight excluding hydrogens is 464 g/mol. The lowest BCUT2D eigenvalue weighted by Gasteiger charge is -2.10. The lowest BCUT2D eigenvalue weighted by molar-refractivity contribution is -0.118. The van der Waals surface area contributed by atoms with Crippen LogP contribution in [0.5, 0.6) is 0 Å². The van der Waals surface area contributed by atoms with Crippen molar-refractivity contribution in [3.8, 4) is 0 Å². The van der Waals surface area contributed by atoms with E-state index in [1.807, 2.05) is 13.0 Å². The molecule has 1 aliphatic heterocycles. The number of amides is 2. The maximum atomic E-state index is 12.7. The first-order chi connectivity index (χ1) is 13.2. The van der Waals surface area contributed by atoms with Crippen LogP contribution in [0, 0.1) is 5.92 Å². The van der Waals surface area contributed by atoms with Gasteiger partial charge in [0.25, 0.3) is 0 Å². The first-order valence-electron chi connectivity index (χ1n) is 8.60. The highest BCUT2D eigenvalue weighted by Crippen LogP contribution is 2.34. The fourth-order valence-electron chi connectivity index (χ4n) is 2.61. The van der Waals surface area contributed by atoms with Gasteiger partial charge in [-0.25, -0.2) is 8.42 Å². The molecule has 9 heteroatoms. The number of nitrogens with one attached hydrogen (secondary N) is 2. The van der Waals surface area contributed by atoms with Crippen molar-refractivity contribution in [2.75, 3.05) is 22.1 Å². The Morgan fingerprint density at radius 1 is 1.29 bits per heavy atom. The summed E-state index contributed by atoms with van der Waals surface area (Å²) in [4.78, 5) is 25.1. The number of hydrogen-bond donors (Lipinski definition) is 2. The Kier molecular flexibility index (Phi) is 6.47. The number of thioether (sulfide) groups is 1. The third-order valence-corrected chi connectivity index (χ3v) is 7.75. The van der Waals surface area contributed by atoms with Crippen LogP contribution in [-0.2, 0) is 19.4 Å². The second-order valence-corrected chi connectivity index (χ2v) is 10.6. The van der Waals surface area contributed by atoms with E-state index < -0.39 is 9.84 Å².